The maximum atomic E-state index is 13.1. The lowest BCUT2D eigenvalue weighted by Gasteiger charge is -2.17. The molecule has 2 heterocycles. The summed E-state index contributed by atoms with van der Waals surface area (Å²) in [6.45, 7) is 2.93. The second kappa shape index (κ2) is 10.4. The predicted octanol–water partition coefficient (Wildman–Crippen LogP) is 3.95. The van der Waals surface area contributed by atoms with E-state index in [1.165, 1.54) is 16.2 Å². The molecule has 0 bridgehead atoms. The van der Waals surface area contributed by atoms with Crippen molar-refractivity contribution in [3.8, 4) is 11.5 Å². The van der Waals surface area contributed by atoms with Crippen molar-refractivity contribution < 1.29 is 23.8 Å². The normalized spacial score (nSPS) is 18.5. The molecule has 1 saturated heterocycles. The van der Waals surface area contributed by atoms with Crippen LogP contribution in [0.2, 0.25) is 0 Å². The summed E-state index contributed by atoms with van der Waals surface area (Å²) in [4.78, 5) is 27.3. The monoisotopic (exact) mass is 458 g/mol. The van der Waals surface area contributed by atoms with Gasteiger partial charge >= 0.3 is 0 Å². The van der Waals surface area contributed by atoms with Crippen LogP contribution in [0.5, 0.6) is 11.5 Å². The zero-order chi connectivity index (χ0) is 22.5. The highest BCUT2D eigenvalue weighted by Crippen LogP contribution is 2.38. The number of aryl methyl sites for hydroxylation is 1. The summed E-state index contributed by atoms with van der Waals surface area (Å²) in [5.74, 6) is 0.613. The lowest BCUT2D eigenvalue weighted by Crippen LogP contribution is -2.34. The van der Waals surface area contributed by atoms with Gasteiger partial charge in [-0.2, -0.15) is 0 Å². The first-order chi connectivity index (χ1) is 15.6. The van der Waals surface area contributed by atoms with E-state index < -0.39 is 6.10 Å². The van der Waals surface area contributed by atoms with Crippen molar-refractivity contribution in [1.82, 2.24) is 5.32 Å². The molecule has 7 nitrogen and oxygen atoms in total. The summed E-state index contributed by atoms with van der Waals surface area (Å²) in [7, 11) is 1.56. The second-order valence-electron chi connectivity index (χ2n) is 8.16. The molecule has 4 rings (SSSR count). The van der Waals surface area contributed by atoms with Crippen LogP contribution in [0.15, 0.2) is 24.3 Å². The molecule has 2 atom stereocenters. The van der Waals surface area contributed by atoms with Crippen molar-refractivity contribution in [2.75, 3.05) is 25.6 Å². The van der Waals surface area contributed by atoms with Gasteiger partial charge in [-0.05, 0) is 63.1 Å². The first-order valence-electron chi connectivity index (χ1n) is 11.2. The van der Waals surface area contributed by atoms with Crippen molar-refractivity contribution in [3.63, 3.8) is 0 Å². The molecule has 1 aliphatic carbocycles. The summed E-state index contributed by atoms with van der Waals surface area (Å²) < 4.78 is 16.8. The standard InChI is InChI=1S/C24H30N2O5S/c1-15(31-19-11-5-4-10-18(19)29-2)22(27)26-24-21(17-9-3-6-12-20(17)32-24)23(28)25-14-16-8-7-13-30-16/h4-5,10-11,15-16H,3,6-9,12-14H2,1-2H3,(H,25,28)(H,26,27)/t15-,16-/m1/s1. The molecular formula is C24H30N2O5S. The van der Waals surface area contributed by atoms with E-state index in [4.69, 9.17) is 14.2 Å². The summed E-state index contributed by atoms with van der Waals surface area (Å²) in [6.07, 6.45) is 5.26. The lowest BCUT2D eigenvalue weighted by molar-refractivity contribution is -0.122. The van der Waals surface area contributed by atoms with Crippen molar-refractivity contribution in [3.05, 3.63) is 40.3 Å². The lowest BCUT2D eigenvalue weighted by atomic mass is 9.95. The number of rotatable bonds is 8. The molecule has 1 aromatic carbocycles. The van der Waals surface area contributed by atoms with E-state index in [0.29, 0.717) is 28.6 Å². The smallest absolute Gasteiger partial charge is 0.265 e. The maximum absolute atomic E-state index is 13.1. The van der Waals surface area contributed by atoms with Gasteiger partial charge in [0.1, 0.15) is 5.00 Å². The third-order valence-corrected chi connectivity index (χ3v) is 7.10. The molecule has 2 N–H and O–H groups in total. The Bertz CT molecular complexity index is 967. The van der Waals surface area contributed by atoms with E-state index >= 15 is 0 Å². The molecule has 2 aromatic rings. The van der Waals surface area contributed by atoms with Gasteiger partial charge in [-0.3, -0.25) is 9.59 Å². The van der Waals surface area contributed by atoms with E-state index in [-0.39, 0.29) is 17.9 Å². The van der Waals surface area contributed by atoms with E-state index in [1.54, 1.807) is 26.2 Å². The van der Waals surface area contributed by atoms with Crippen molar-refractivity contribution in [2.24, 2.45) is 0 Å². The summed E-state index contributed by atoms with van der Waals surface area (Å²) in [5.41, 5.74) is 1.67. The number of carbonyl (C=O) groups is 2. The van der Waals surface area contributed by atoms with Gasteiger partial charge < -0.3 is 24.8 Å². The number of anilines is 1. The molecule has 2 aliphatic rings. The quantitative estimate of drug-likeness (QED) is 0.626. The van der Waals surface area contributed by atoms with E-state index in [0.717, 1.165) is 50.7 Å². The van der Waals surface area contributed by atoms with E-state index in [1.807, 2.05) is 12.1 Å². The number of methoxy groups -OCH3 is 1. The van der Waals surface area contributed by atoms with Crippen LogP contribution in [0.25, 0.3) is 0 Å². The first kappa shape index (κ1) is 22.6. The Morgan fingerprint density at radius 3 is 2.72 bits per heavy atom. The number of fused-ring (bicyclic) bond motifs is 1. The van der Waals surface area contributed by atoms with Crippen molar-refractivity contribution >= 4 is 28.2 Å². The Kier molecular flexibility index (Phi) is 7.32. The maximum Gasteiger partial charge on any atom is 0.265 e. The predicted molar refractivity (Wildman–Crippen MR) is 124 cm³/mol. The van der Waals surface area contributed by atoms with Crippen LogP contribution in [-0.2, 0) is 22.4 Å². The minimum atomic E-state index is -0.756. The zero-order valence-electron chi connectivity index (χ0n) is 18.6. The highest BCUT2D eigenvalue weighted by Gasteiger charge is 2.28. The summed E-state index contributed by atoms with van der Waals surface area (Å²) in [6, 6.07) is 7.21. The van der Waals surface area contributed by atoms with Gasteiger partial charge in [0.05, 0.1) is 18.8 Å². The van der Waals surface area contributed by atoms with Gasteiger partial charge in [-0.25, -0.2) is 0 Å². The molecule has 1 aliphatic heterocycles. The molecule has 1 aromatic heterocycles. The second-order valence-corrected chi connectivity index (χ2v) is 9.27. The Labute approximate surface area is 192 Å². The van der Waals surface area contributed by atoms with E-state index in [2.05, 4.69) is 10.6 Å². The van der Waals surface area contributed by atoms with Crippen LogP contribution in [0.3, 0.4) is 0 Å². The molecule has 0 spiro atoms. The Hall–Kier alpha value is -2.58. The summed E-state index contributed by atoms with van der Waals surface area (Å²) >= 11 is 1.50. The van der Waals surface area contributed by atoms with Crippen LogP contribution in [0.4, 0.5) is 5.00 Å². The van der Waals surface area contributed by atoms with Gasteiger partial charge in [-0.15, -0.1) is 11.3 Å². The third kappa shape index (κ3) is 5.07. The fourth-order valence-corrected chi connectivity index (χ4v) is 5.46. The van der Waals surface area contributed by atoms with Crippen molar-refractivity contribution in [2.45, 2.75) is 57.7 Å². The van der Waals surface area contributed by atoms with Gasteiger partial charge in [0.25, 0.3) is 11.8 Å². The number of benzene rings is 1. The molecule has 172 valence electrons. The van der Waals surface area contributed by atoms with Crippen LogP contribution in [0.1, 0.15) is 53.4 Å². The van der Waals surface area contributed by atoms with Gasteiger partial charge in [0, 0.05) is 18.0 Å². The average molecular weight is 459 g/mol. The molecule has 0 radical (unpaired) electrons. The SMILES string of the molecule is COc1ccccc1O[C@H](C)C(=O)Nc1sc2c(c1C(=O)NC[C@H]1CCCO1)CCCC2. The Morgan fingerprint density at radius 2 is 1.97 bits per heavy atom. The number of nitrogens with one attached hydrogen (secondary N) is 2. The van der Waals surface area contributed by atoms with Crippen LogP contribution in [-0.4, -0.2) is 44.3 Å². The van der Waals surface area contributed by atoms with Crippen LogP contribution in [0, 0.1) is 0 Å². The van der Waals surface area contributed by atoms with Gasteiger partial charge in [-0.1, -0.05) is 12.1 Å². The number of thiophene rings is 1. The third-order valence-electron chi connectivity index (χ3n) is 5.89. The highest BCUT2D eigenvalue weighted by molar-refractivity contribution is 7.17. The Balaban J connectivity index is 1.48. The Morgan fingerprint density at radius 1 is 1.19 bits per heavy atom. The number of amides is 2. The molecule has 0 unspecified atom stereocenters. The zero-order valence-corrected chi connectivity index (χ0v) is 19.4. The topological polar surface area (TPSA) is 85.9 Å². The fraction of sp³-hybridized carbons (Fsp3) is 0.500. The fourth-order valence-electron chi connectivity index (χ4n) is 4.17. The summed E-state index contributed by atoms with van der Waals surface area (Å²) in [5, 5.41) is 6.57. The molecule has 0 saturated carbocycles. The highest BCUT2D eigenvalue weighted by atomic mass is 32.1. The average Bonchev–Trinajstić information content (AvgIpc) is 3.45. The van der Waals surface area contributed by atoms with Crippen LogP contribution < -0.4 is 20.1 Å². The number of hydrogen-bond donors (Lipinski definition) is 2. The minimum Gasteiger partial charge on any atom is -0.493 e. The van der Waals surface area contributed by atoms with Crippen LogP contribution >= 0.6 is 11.3 Å². The molecule has 8 heteroatoms. The molecule has 32 heavy (non-hydrogen) atoms. The number of ether oxygens (including phenoxy) is 3. The van der Waals surface area contributed by atoms with E-state index in [9.17, 15) is 9.59 Å². The molecule has 2 amide bonds. The molecular weight excluding hydrogens is 428 g/mol. The first-order valence-corrected chi connectivity index (χ1v) is 12.0. The van der Waals surface area contributed by atoms with Gasteiger partial charge in [0.15, 0.2) is 17.6 Å². The van der Waals surface area contributed by atoms with Gasteiger partial charge in [0.2, 0.25) is 0 Å². The largest absolute Gasteiger partial charge is 0.493 e. The number of hydrogen-bond acceptors (Lipinski definition) is 6. The minimum absolute atomic E-state index is 0.0701. The number of carbonyl (C=O) groups excluding carboxylic acids is 2. The van der Waals surface area contributed by atoms with Crippen molar-refractivity contribution in [1.29, 1.82) is 0 Å². The number of para-hydroxylation sites is 2. The molecule has 1 fully saturated rings.